The molecule has 0 amide bonds. The molecule has 2 rings (SSSR count). The molecular formula is C9H7BrOS. The van der Waals surface area contributed by atoms with Crippen LogP contribution in [0.25, 0.3) is 10.1 Å². The molecule has 1 aromatic heterocycles. The summed E-state index contributed by atoms with van der Waals surface area (Å²) in [6.45, 7) is 0. The molecule has 0 fully saturated rings. The van der Waals surface area contributed by atoms with Gasteiger partial charge in [-0.3, -0.25) is 0 Å². The van der Waals surface area contributed by atoms with Gasteiger partial charge in [0.25, 0.3) is 0 Å². The van der Waals surface area contributed by atoms with Gasteiger partial charge in [-0.15, -0.1) is 11.3 Å². The summed E-state index contributed by atoms with van der Waals surface area (Å²) < 4.78 is 7.48. The Morgan fingerprint density at radius 3 is 2.92 bits per heavy atom. The van der Waals surface area contributed by atoms with Crippen LogP contribution >= 0.6 is 27.3 Å². The molecular weight excluding hydrogens is 236 g/mol. The van der Waals surface area contributed by atoms with Gasteiger partial charge in [0.15, 0.2) is 0 Å². The van der Waals surface area contributed by atoms with Gasteiger partial charge in [0, 0.05) is 0 Å². The van der Waals surface area contributed by atoms with Crippen molar-refractivity contribution in [3.05, 3.63) is 28.1 Å². The number of hydrogen-bond donors (Lipinski definition) is 0. The molecule has 0 bridgehead atoms. The highest BCUT2D eigenvalue weighted by Crippen LogP contribution is 2.35. The summed E-state index contributed by atoms with van der Waals surface area (Å²) in [5.41, 5.74) is 0. The van der Waals surface area contributed by atoms with Crippen molar-refractivity contribution in [1.82, 2.24) is 0 Å². The first kappa shape index (κ1) is 8.08. The summed E-state index contributed by atoms with van der Waals surface area (Å²) in [7, 11) is 1.68. The molecule has 0 spiro atoms. The maximum atomic E-state index is 5.18. The Morgan fingerprint density at radius 1 is 1.33 bits per heavy atom. The fourth-order valence-corrected chi connectivity index (χ4v) is 2.77. The Kier molecular flexibility index (Phi) is 2.07. The van der Waals surface area contributed by atoms with E-state index in [0.29, 0.717) is 0 Å². The second-order valence-corrected chi connectivity index (χ2v) is 4.13. The molecule has 0 aliphatic carbocycles. The monoisotopic (exact) mass is 242 g/mol. The lowest BCUT2D eigenvalue weighted by molar-refractivity contribution is 0.413. The Bertz CT molecular complexity index is 408. The van der Waals surface area contributed by atoms with Crippen molar-refractivity contribution in [2.45, 2.75) is 0 Å². The van der Waals surface area contributed by atoms with E-state index in [-0.39, 0.29) is 0 Å². The van der Waals surface area contributed by atoms with Crippen molar-refractivity contribution >= 4 is 37.4 Å². The second kappa shape index (κ2) is 3.07. The number of rotatable bonds is 1. The lowest BCUT2D eigenvalue weighted by Crippen LogP contribution is -1.82. The van der Waals surface area contributed by atoms with Crippen LogP contribution in [0.15, 0.2) is 28.1 Å². The van der Waals surface area contributed by atoms with Crippen molar-refractivity contribution in [2.75, 3.05) is 7.11 Å². The van der Waals surface area contributed by atoms with Crippen molar-refractivity contribution in [1.29, 1.82) is 0 Å². The van der Waals surface area contributed by atoms with Crippen LogP contribution in [0.4, 0.5) is 0 Å². The van der Waals surface area contributed by atoms with Gasteiger partial charge >= 0.3 is 0 Å². The summed E-state index contributed by atoms with van der Waals surface area (Å²) >= 11 is 5.22. The van der Waals surface area contributed by atoms with Crippen LogP contribution < -0.4 is 4.74 Å². The van der Waals surface area contributed by atoms with E-state index in [1.165, 1.54) is 10.1 Å². The molecule has 62 valence electrons. The first-order valence-corrected chi connectivity index (χ1v) is 5.20. The Labute approximate surface area is 83.1 Å². The number of benzene rings is 1. The lowest BCUT2D eigenvalue weighted by atomic mass is 10.2. The topological polar surface area (TPSA) is 9.23 Å². The highest BCUT2D eigenvalue weighted by atomic mass is 79.9. The molecule has 3 heteroatoms. The molecule has 0 aliphatic heterocycles. The van der Waals surface area contributed by atoms with E-state index < -0.39 is 0 Å². The van der Waals surface area contributed by atoms with Crippen LogP contribution in [0.3, 0.4) is 0 Å². The van der Waals surface area contributed by atoms with E-state index in [9.17, 15) is 0 Å². The zero-order chi connectivity index (χ0) is 8.55. The Morgan fingerprint density at radius 2 is 2.17 bits per heavy atom. The molecule has 0 unspecified atom stereocenters. The summed E-state index contributed by atoms with van der Waals surface area (Å²) in [6.07, 6.45) is 0. The number of halogens is 1. The largest absolute Gasteiger partial charge is 0.496 e. The smallest absolute Gasteiger partial charge is 0.134 e. The molecule has 1 heterocycles. The normalized spacial score (nSPS) is 10.5. The van der Waals surface area contributed by atoms with E-state index in [2.05, 4.69) is 33.4 Å². The molecule has 2 aromatic rings. The molecule has 1 nitrogen and oxygen atoms in total. The third kappa shape index (κ3) is 1.13. The number of methoxy groups -OCH3 is 1. The Hall–Kier alpha value is -0.540. The number of fused-ring (bicyclic) bond motifs is 1. The molecule has 0 saturated carbocycles. The van der Waals surface area contributed by atoms with Gasteiger partial charge in [-0.25, -0.2) is 0 Å². The number of hydrogen-bond acceptors (Lipinski definition) is 2. The van der Waals surface area contributed by atoms with E-state index in [1.54, 1.807) is 18.4 Å². The molecule has 12 heavy (non-hydrogen) atoms. The van der Waals surface area contributed by atoms with Crippen LogP contribution in [-0.4, -0.2) is 7.11 Å². The fourth-order valence-electron chi connectivity index (χ4n) is 1.14. The van der Waals surface area contributed by atoms with E-state index >= 15 is 0 Å². The van der Waals surface area contributed by atoms with E-state index in [4.69, 9.17) is 4.74 Å². The summed E-state index contributed by atoms with van der Waals surface area (Å²) in [5.74, 6) is 0.893. The van der Waals surface area contributed by atoms with Crippen LogP contribution in [0.5, 0.6) is 5.75 Å². The molecule has 1 aromatic carbocycles. The van der Waals surface area contributed by atoms with Crippen LogP contribution in [0.1, 0.15) is 0 Å². The first-order chi connectivity index (χ1) is 5.83. The summed E-state index contributed by atoms with van der Waals surface area (Å²) in [4.78, 5) is 0. The third-order valence-electron chi connectivity index (χ3n) is 1.75. The van der Waals surface area contributed by atoms with Gasteiger partial charge in [0.1, 0.15) is 5.75 Å². The van der Waals surface area contributed by atoms with Gasteiger partial charge in [-0.2, -0.15) is 0 Å². The zero-order valence-corrected chi connectivity index (χ0v) is 8.91. The van der Waals surface area contributed by atoms with Crippen molar-refractivity contribution in [3.63, 3.8) is 0 Å². The minimum atomic E-state index is 0.893. The minimum absolute atomic E-state index is 0.893. The van der Waals surface area contributed by atoms with Crippen molar-refractivity contribution in [2.24, 2.45) is 0 Å². The molecule has 0 aliphatic rings. The molecule has 0 radical (unpaired) electrons. The first-order valence-electron chi connectivity index (χ1n) is 3.52. The van der Waals surface area contributed by atoms with Gasteiger partial charge < -0.3 is 4.74 Å². The van der Waals surface area contributed by atoms with E-state index in [1.807, 2.05) is 6.07 Å². The predicted molar refractivity (Wildman–Crippen MR) is 56.1 cm³/mol. The third-order valence-corrected chi connectivity index (χ3v) is 3.74. The number of thiophene rings is 1. The van der Waals surface area contributed by atoms with Gasteiger partial charge in [0.05, 0.1) is 16.3 Å². The number of ether oxygens (including phenoxy) is 1. The standard InChI is InChI=1S/C9H7BrOS/c1-11-7-3-2-6-4-5-12-9(6)8(7)10/h2-5H,1H3. The maximum absolute atomic E-state index is 5.18. The second-order valence-electron chi connectivity index (χ2n) is 2.42. The van der Waals surface area contributed by atoms with Gasteiger partial charge in [0.2, 0.25) is 0 Å². The van der Waals surface area contributed by atoms with Crippen LogP contribution in [-0.2, 0) is 0 Å². The fraction of sp³-hybridized carbons (Fsp3) is 0.111. The van der Waals surface area contributed by atoms with Crippen molar-refractivity contribution in [3.8, 4) is 5.75 Å². The van der Waals surface area contributed by atoms with Crippen molar-refractivity contribution < 1.29 is 4.74 Å². The van der Waals surface area contributed by atoms with E-state index in [0.717, 1.165) is 10.2 Å². The highest BCUT2D eigenvalue weighted by molar-refractivity contribution is 9.10. The average Bonchev–Trinajstić information content (AvgIpc) is 2.53. The highest BCUT2D eigenvalue weighted by Gasteiger charge is 2.05. The summed E-state index contributed by atoms with van der Waals surface area (Å²) in [5, 5.41) is 3.34. The molecule has 0 saturated heterocycles. The van der Waals surface area contributed by atoms with Gasteiger partial charge in [-0.1, -0.05) is 0 Å². The molecule has 0 atom stereocenters. The van der Waals surface area contributed by atoms with Crippen LogP contribution in [0.2, 0.25) is 0 Å². The Balaban J connectivity index is 2.78. The molecule has 0 N–H and O–H groups in total. The zero-order valence-electron chi connectivity index (χ0n) is 6.50. The average molecular weight is 243 g/mol. The minimum Gasteiger partial charge on any atom is -0.496 e. The summed E-state index contributed by atoms with van der Waals surface area (Å²) in [6, 6.07) is 6.14. The quantitative estimate of drug-likeness (QED) is 0.742. The van der Waals surface area contributed by atoms with Gasteiger partial charge in [-0.05, 0) is 44.9 Å². The SMILES string of the molecule is COc1ccc2ccsc2c1Br. The predicted octanol–water partition coefficient (Wildman–Crippen LogP) is 3.67. The van der Waals surface area contributed by atoms with Crippen LogP contribution in [0, 0.1) is 0 Å². The maximum Gasteiger partial charge on any atom is 0.134 e. The lowest BCUT2D eigenvalue weighted by Gasteiger charge is -2.02.